The first-order chi connectivity index (χ1) is 24.8. The fourth-order valence-corrected chi connectivity index (χ4v) is 7.96. The van der Waals surface area contributed by atoms with Gasteiger partial charge in [-0.3, -0.25) is 13.9 Å². The summed E-state index contributed by atoms with van der Waals surface area (Å²) >= 11 is 0. The van der Waals surface area contributed by atoms with Crippen molar-refractivity contribution in [3.8, 4) is 11.3 Å². The number of anilines is 1. The predicted molar refractivity (Wildman–Crippen MR) is 206 cm³/mol. The summed E-state index contributed by atoms with van der Waals surface area (Å²) in [4.78, 5) is 13.0. The van der Waals surface area contributed by atoms with Crippen molar-refractivity contribution in [2.75, 3.05) is 44.0 Å². The standard InChI is InChI=1S/C39H52N2O10S2.2Na/c1-7-40(21-12-24-52(44,45)46)28-16-18-31-32(38(2,3)4)26-29(51-35(31)25-28)13-11-14-36-39(5,20-23-50-6)33-27-30(53(47,48)49)17-19-34(33)41(36)22-10-8-9-15-37(42)43;;/h11,13-14,16-19,25-27H,7-10,12,15,20-24H2,1-6H3,(H2-,42,43,44,45,46,47,48,49);;/q;2*+1/p+1. The Hall–Kier alpha value is -1.82. The first-order valence-corrected chi connectivity index (χ1v) is 20.9. The van der Waals surface area contributed by atoms with Crippen LogP contribution >= 0.6 is 0 Å². The molecule has 0 aromatic heterocycles. The van der Waals surface area contributed by atoms with E-state index in [-0.39, 0.29) is 88.0 Å². The van der Waals surface area contributed by atoms with Crippen LogP contribution in [0.5, 0.6) is 0 Å². The van der Waals surface area contributed by atoms with Crippen LogP contribution in [0.4, 0.5) is 5.69 Å². The zero-order valence-electron chi connectivity index (χ0n) is 33.5. The molecule has 0 bridgehead atoms. The van der Waals surface area contributed by atoms with Gasteiger partial charge in [-0.1, -0.05) is 33.3 Å². The molecule has 55 heavy (non-hydrogen) atoms. The Morgan fingerprint density at radius 2 is 1.71 bits per heavy atom. The molecule has 0 fully saturated rings. The van der Waals surface area contributed by atoms with Gasteiger partial charge in [-0.2, -0.15) is 16.8 Å². The largest absolute Gasteiger partial charge is 1.00 e. The van der Waals surface area contributed by atoms with E-state index in [4.69, 9.17) is 14.3 Å². The number of allylic oxidation sites excluding steroid dienone is 3. The number of hydrogen-bond donors (Lipinski definition) is 3. The van der Waals surface area contributed by atoms with E-state index >= 15 is 0 Å². The van der Waals surface area contributed by atoms with Gasteiger partial charge in [0.2, 0.25) is 5.36 Å². The average molecular weight is 820 g/mol. The molecule has 3 aliphatic rings. The van der Waals surface area contributed by atoms with Gasteiger partial charge >= 0.3 is 65.1 Å². The number of hydrogen-bond acceptors (Lipinski definition) is 8. The third-order valence-corrected chi connectivity index (χ3v) is 11.4. The number of ether oxygens (including phenoxy) is 1. The Morgan fingerprint density at radius 1 is 1.00 bits per heavy atom. The molecule has 0 saturated heterocycles. The van der Waals surface area contributed by atoms with Crippen LogP contribution in [-0.2, 0) is 40.6 Å². The number of nitrogens with zero attached hydrogens (tertiary/aromatic N) is 2. The maximum Gasteiger partial charge on any atom is 1.00 e. The van der Waals surface area contributed by atoms with E-state index in [0.29, 0.717) is 63.4 Å². The zero-order valence-corrected chi connectivity index (χ0v) is 39.1. The number of carbonyl (C=O) groups is 1. The third-order valence-electron chi connectivity index (χ3n) is 9.76. The molecule has 3 N–H and O–H groups in total. The normalized spacial score (nSPS) is 17.3. The number of unbranched alkanes of at least 4 members (excludes halogenated alkanes) is 2. The number of benzene rings is 2. The Kier molecular flexibility index (Phi) is 18.6. The molecular weight excluding hydrogens is 767 g/mol. The minimum atomic E-state index is -4.46. The summed E-state index contributed by atoms with van der Waals surface area (Å²) in [6, 6.07) is 12.6. The molecule has 0 spiro atoms. The van der Waals surface area contributed by atoms with Crippen molar-refractivity contribution < 1.29 is 104 Å². The van der Waals surface area contributed by atoms with Gasteiger partial charge < -0.3 is 19.2 Å². The second-order valence-electron chi connectivity index (χ2n) is 14.7. The monoisotopic (exact) mass is 819 g/mol. The van der Waals surface area contributed by atoms with E-state index in [9.17, 15) is 30.7 Å². The summed E-state index contributed by atoms with van der Waals surface area (Å²) in [5.41, 5.74) is 3.55. The van der Waals surface area contributed by atoms with Crippen LogP contribution in [0.2, 0.25) is 0 Å². The van der Waals surface area contributed by atoms with Crippen LogP contribution in [0.25, 0.3) is 17.4 Å². The van der Waals surface area contributed by atoms with E-state index in [0.717, 1.165) is 33.4 Å². The second kappa shape index (κ2) is 20.7. The Labute approximate surface area is 370 Å². The molecule has 0 saturated carbocycles. The quantitative estimate of drug-likeness (QED) is 0.0743. The van der Waals surface area contributed by atoms with Crippen molar-refractivity contribution in [1.29, 1.82) is 0 Å². The molecule has 1 unspecified atom stereocenters. The topological polar surface area (TPSA) is 175 Å². The van der Waals surface area contributed by atoms with Crippen LogP contribution in [0.15, 0.2) is 69.6 Å². The van der Waals surface area contributed by atoms with Crippen LogP contribution in [-0.4, -0.2) is 76.1 Å². The Balaban J connectivity index is 0.00000523. The van der Waals surface area contributed by atoms with E-state index in [1.54, 1.807) is 13.2 Å². The van der Waals surface area contributed by atoms with Crippen molar-refractivity contribution >= 4 is 38.0 Å². The molecule has 0 amide bonds. The Bertz CT molecular complexity index is 2120. The van der Waals surface area contributed by atoms with Gasteiger partial charge in [0.25, 0.3) is 20.2 Å². The van der Waals surface area contributed by atoms with Gasteiger partial charge in [-0.05, 0) is 92.1 Å². The van der Waals surface area contributed by atoms with Gasteiger partial charge in [0.15, 0.2) is 0 Å². The van der Waals surface area contributed by atoms with Crippen LogP contribution < -0.4 is 73.9 Å². The summed E-state index contributed by atoms with van der Waals surface area (Å²) in [6.07, 6.45) is 8.60. The molecule has 1 atom stereocenters. The summed E-state index contributed by atoms with van der Waals surface area (Å²) in [6.45, 7) is 12.4. The maximum absolute atomic E-state index is 12.2. The number of rotatable bonds is 17. The van der Waals surface area contributed by atoms with Crippen molar-refractivity contribution in [2.24, 2.45) is 0 Å². The van der Waals surface area contributed by atoms with E-state index < -0.39 is 31.6 Å². The average Bonchev–Trinajstić information content (AvgIpc) is 3.30. The fourth-order valence-electron chi connectivity index (χ4n) is 6.96. The third kappa shape index (κ3) is 13.1. The SMILES string of the molecule is CC[N+](CCCS(=O)(=O)O)=c1ccc2c(C(C)(C)C)cc(/C=C/C=C3/N(CCCCCC(=O)O)c4ccc(S(=O)(=O)O)cc4C3(C)CCOC)oc-2c1.[Na+].[Na+]. The van der Waals surface area contributed by atoms with Crippen LogP contribution in [0.1, 0.15) is 90.0 Å². The number of carboxylic acids is 1. The smallest absolute Gasteiger partial charge is 0.481 e. The predicted octanol–water partition coefficient (Wildman–Crippen LogP) is 0.363. The minimum Gasteiger partial charge on any atom is -0.481 e. The van der Waals surface area contributed by atoms with Crippen LogP contribution in [0.3, 0.4) is 0 Å². The number of carboxylic acid groups (broad SMARTS) is 1. The van der Waals surface area contributed by atoms with E-state index in [1.807, 2.05) is 60.9 Å². The molecular formula is C39H53N2Na2O10S2+3. The molecule has 2 heterocycles. The van der Waals surface area contributed by atoms with Crippen molar-refractivity contribution in [3.63, 3.8) is 0 Å². The maximum atomic E-state index is 12.2. The molecule has 0 radical (unpaired) electrons. The molecule has 12 nitrogen and oxygen atoms in total. The summed E-state index contributed by atoms with van der Waals surface area (Å²) in [7, 11) is -6.91. The molecule has 4 rings (SSSR count). The molecule has 1 aliphatic carbocycles. The Morgan fingerprint density at radius 3 is 2.31 bits per heavy atom. The number of fused-ring (bicyclic) bond motifs is 2. The van der Waals surface area contributed by atoms with Gasteiger partial charge in [-0.25, -0.2) is 4.58 Å². The summed E-state index contributed by atoms with van der Waals surface area (Å²) in [5.74, 6) is 0.109. The zero-order chi connectivity index (χ0) is 39.2. The molecule has 16 heteroatoms. The van der Waals surface area contributed by atoms with E-state index in [1.165, 1.54) is 12.1 Å². The van der Waals surface area contributed by atoms with Gasteiger partial charge in [0.1, 0.15) is 24.6 Å². The van der Waals surface area contributed by atoms with Gasteiger partial charge in [0, 0.05) is 61.5 Å². The first-order valence-electron chi connectivity index (χ1n) is 17.9. The molecule has 1 aromatic carbocycles. The van der Waals surface area contributed by atoms with E-state index in [2.05, 4.69) is 25.7 Å². The van der Waals surface area contributed by atoms with Crippen LogP contribution in [0, 0.1) is 0 Å². The van der Waals surface area contributed by atoms with Gasteiger partial charge in [-0.15, -0.1) is 0 Å². The fraction of sp³-hybridized carbons (Fsp3) is 0.487. The van der Waals surface area contributed by atoms with Crippen molar-refractivity contribution in [2.45, 2.75) is 88.9 Å². The van der Waals surface area contributed by atoms with Crippen molar-refractivity contribution in [3.05, 3.63) is 82.6 Å². The molecule has 2 aliphatic heterocycles. The summed E-state index contributed by atoms with van der Waals surface area (Å²) < 4.78 is 80.1. The number of methoxy groups -OCH3 is 1. The molecule has 1 aromatic rings. The van der Waals surface area contributed by atoms with Gasteiger partial charge in [0.05, 0.1) is 16.7 Å². The first kappa shape index (κ1) is 49.3. The second-order valence-corrected chi connectivity index (χ2v) is 17.7. The minimum absolute atomic E-state index is 0. The van der Waals surface area contributed by atoms with Crippen molar-refractivity contribution in [1.82, 2.24) is 4.58 Å². The summed E-state index contributed by atoms with van der Waals surface area (Å²) in [5, 5.41) is 9.97. The number of aliphatic carboxylic acids is 1. The molecule has 290 valence electrons.